The van der Waals surface area contributed by atoms with E-state index >= 15 is 0 Å². The van der Waals surface area contributed by atoms with Gasteiger partial charge in [0.1, 0.15) is 10.3 Å². The van der Waals surface area contributed by atoms with E-state index in [9.17, 15) is 18.3 Å². The van der Waals surface area contributed by atoms with Crippen molar-refractivity contribution in [2.75, 3.05) is 13.7 Å². The summed E-state index contributed by atoms with van der Waals surface area (Å²) in [5, 5.41) is 9.92. The van der Waals surface area contributed by atoms with E-state index in [0.29, 0.717) is 3.79 Å². The molecule has 1 fully saturated rings. The minimum Gasteiger partial charge on any atom is -0.468 e. The van der Waals surface area contributed by atoms with E-state index in [-0.39, 0.29) is 22.2 Å². The van der Waals surface area contributed by atoms with E-state index in [2.05, 4.69) is 20.7 Å². The van der Waals surface area contributed by atoms with Crippen molar-refractivity contribution in [3.63, 3.8) is 0 Å². The van der Waals surface area contributed by atoms with Crippen LogP contribution in [0.5, 0.6) is 0 Å². The summed E-state index contributed by atoms with van der Waals surface area (Å²) >= 11 is 9.94. The summed E-state index contributed by atoms with van der Waals surface area (Å²) < 4.78 is 31.1. The fourth-order valence-corrected chi connectivity index (χ4v) is 6.12. The Labute approximate surface area is 133 Å². The lowest BCUT2D eigenvalue weighted by Gasteiger charge is -2.20. The topological polar surface area (TPSA) is 83.9 Å². The number of nitrogens with zero attached hydrogens (tertiary/aromatic N) is 1. The number of halogens is 2. The monoisotopic (exact) mass is 403 g/mol. The molecule has 1 N–H and O–H groups in total. The van der Waals surface area contributed by atoms with Crippen LogP contribution in [-0.2, 0) is 19.6 Å². The molecule has 0 spiro atoms. The van der Waals surface area contributed by atoms with E-state index < -0.39 is 28.1 Å². The van der Waals surface area contributed by atoms with E-state index in [0.717, 1.165) is 15.6 Å². The number of esters is 1. The molecule has 1 aliphatic heterocycles. The predicted molar refractivity (Wildman–Crippen MR) is 77.3 cm³/mol. The summed E-state index contributed by atoms with van der Waals surface area (Å²) in [5.74, 6) is -0.688. The van der Waals surface area contributed by atoms with Gasteiger partial charge in [0.25, 0.3) is 10.0 Å². The molecule has 0 aromatic carbocycles. The Kier molecular flexibility index (Phi) is 4.77. The molecule has 1 saturated heterocycles. The number of carbonyl (C=O) groups excluding carboxylic acids is 1. The van der Waals surface area contributed by atoms with Crippen LogP contribution in [0.3, 0.4) is 0 Å². The Morgan fingerprint density at radius 1 is 1.65 bits per heavy atom. The van der Waals surface area contributed by atoms with Crippen LogP contribution in [0, 0.1) is 0 Å². The molecular formula is C10H11BrClNO5S2. The Morgan fingerprint density at radius 3 is 2.80 bits per heavy atom. The predicted octanol–water partition coefficient (Wildman–Crippen LogP) is 1.46. The third kappa shape index (κ3) is 2.88. The van der Waals surface area contributed by atoms with Crippen LogP contribution in [0.1, 0.15) is 6.42 Å². The van der Waals surface area contributed by atoms with Gasteiger partial charge in [0.15, 0.2) is 0 Å². The van der Waals surface area contributed by atoms with E-state index in [1.165, 1.54) is 13.2 Å². The third-order valence-electron chi connectivity index (χ3n) is 2.89. The molecule has 1 aliphatic rings. The van der Waals surface area contributed by atoms with Crippen molar-refractivity contribution < 1.29 is 23.1 Å². The van der Waals surface area contributed by atoms with Gasteiger partial charge in [-0.15, -0.1) is 11.3 Å². The zero-order valence-electron chi connectivity index (χ0n) is 10.2. The summed E-state index contributed by atoms with van der Waals surface area (Å²) in [6.45, 7) is -0.144. The Bertz CT molecular complexity index is 612. The largest absolute Gasteiger partial charge is 0.468 e. The zero-order chi connectivity index (χ0) is 15.1. The van der Waals surface area contributed by atoms with Gasteiger partial charge < -0.3 is 9.84 Å². The van der Waals surface area contributed by atoms with Crippen LogP contribution >= 0.6 is 38.9 Å². The van der Waals surface area contributed by atoms with Crippen molar-refractivity contribution >= 4 is 54.9 Å². The van der Waals surface area contributed by atoms with E-state index in [1.807, 2.05) is 0 Å². The highest BCUT2D eigenvalue weighted by Gasteiger charge is 2.44. The Hall–Kier alpha value is -0.190. The van der Waals surface area contributed by atoms with Crippen molar-refractivity contribution in [3.8, 4) is 0 Å². The summed E-state index contributed by atoms with van der Waals surface area (Å²) in [6, 6.07) is 0.296. The highest BCUT2D eigenvalue weighted by Crippen LogP contribution is 2.37. The number of thiophene rings is 1. The van der Waals surface area contributed by atoms with Crippen molar-refractivity contribution in [2.45, 2.75) is 22.8 Å². The zero-order valence-corrected chi connectivity index (χ0v) is 14.2. The summed E-state index contributed by atoms with van der Waals surface area (Å²) in [5.41, 5.74) is 0. The molecule has 0 aliphatic carbocycles. The molecule has 20 heavy (non-hydrogen) atoms. The molecule has 112 valence electrons. The molecule has 2 rings (SSSR count). The molecule has 10 heteroatoms. The highest BCUT2D eigenvalue weighted by atomic mass is 79.9. The normalized spacial score (nSPS) is 24.0. The fourth-order valence-electron chi connectivity index (χ4n) is 1.97. The van der Waals surface area contributed by atoms with Crippen molar-refractivity contribution in [1.82, 2.24) is 4.31 Å². The molecule has 1 aromatic rings. The van der Waals surface area contributed by atoms with Gasteiger partial charge in [-0.05, 0) is 22.0 Å². The minimum absolute atomic E-state index is 0.0115. The molecular weight excluding hydrogens is 394 g/mol. The SMILES string of the molecule is COC(=O)C1CC(O)CN1S(=O)(=O)c1cc(Cl)c(Br)s1. The summed E-state index contributed by atoms with van der Waals surface area (Å²) in [6.07, 6.45) is -0.876. The molecule has 2 heterocycles. The maximum Gasteiger partial charge on any atom is 0.324 e. The molecule has 6 nitrogen and oxygen atoms in total. The number of ether oxygens (including phenoxy) is 1. The van der Waals surface area contributed by atoms with Crippen LogP contribution < -0.4 is 0 Å². The Morgan fingerprint density at radius 2 is 2.30 bits per heavy atom. The number of β-amino-alcohol motifs (C(OH)–C–C–N with tert-alkyl or cyclic N) is 1. The first kappa shape index (κ1) is 16.2. The van der Waals surface area contributed by atoms with Gasteiger partial charge in [0, 0.05) is 13.0 Å². The second-order valence-corrected chi connectivity index (χ2v) is 9.08. The van der Waals surface area contributed by atoms with E-state index in [4.69, 9.17) is 11.6 Å². The number of rotatable bonds is 3. The second kappa shape index (κ2) is 5.90. The number of hydrogen-bond acceptors (Lipinski definition) is 6. The highest BCUT2D eigenvalue weighted by molar-refractivity contribution is 9.11. The summed E-state index contributed by atoms with van der Waals surface area (Å²) in [4.78, 5) is 11.6. The van der Waals surface area contributed by atoms with Crippen LogP contribution in [0.15, 0.2) is 14.1 Å². The number of aliphatic hydroxyl groups is 1. The number of carbonyl (C=O) groups is 1. The van der Waals surface area contributed by atoms with Crippen molar-refractivity contribution in [1.29, 1.82) is 0 Å². The molecule has 0 bridgehead atoms. The molecule has 0 saturated carbocycles. The molecule has 0 amide bonds. The lowest BCUT2D eigenvalue weighted by atomic mass is 10.2. The quantitative estimate of drug-likeness (QED) is 0.771. The fraction of sp³-hybridized carbons (Fsp3) is 0.500. The second-order valence-electron chi connectivity index (χ2n) is 4.19. The smallest absolute Gasteiger partial charge is 0.324 e. The number of aliphatic hydroxyl groups excluding tert-OH is 1. The minimum atomic E-state index is -3.90. The van der Waals surface area contributed by atoms with E-state index in [1.54, 1.807) is 0 Å². The molecule has 2 unspecified atom stereocenters. The Balaban J connectivity index is 2.39. The van der Waals surface area contributed by atoms with Crippen LogP contribution in [0.25, 0.3) is 0 Å². The van der Waals surface area contributed by atoms with Crippen LogP contribution in [0.2, 0.25) is 5.02 Å². The standard InChI is InChI=1S/C10H11BrClNO5S2/c1-18-10(15)7-2-5(14)4-13(7)20(16,17)8-3-6(12)9(11)19-8/h3,5,7,14H,2,4H2,1H3. The van der Waals surface area contributed by atoms with Gasteiger partial charge in [0.2, 0.25) is 0 Å². The van der Waals surface area contributed by atoms with Crippen molar-refractivity contribution in [2.24, 2.45) is 0 Å². The first-order chi connectivity index (χ1) is 9.27. The maximum atomic E-state index is 12.5. The van der Waals surface area contributed by atoms with Gasteiger partial charge >= 0.3 is 5.97 Å². The van der Waals surface area contributed by atoms with Crippen LogP contribution in [-0.4, -0.2) is 49.6 Å². The first-order valence-corrected chi connectivity index (χ1v) is 8.92. The first-order valence-electron chi connectivity index (χ1n) is 5.50. The number of sulfonamides is 1. The average Bonchev–Trinajstić information content (AvgIpc) is 2.93. The number of methoxy groups -OCH3 is 1. The van der Waals surface area contributed by atoms with Gasteiger partial charge in [-0.2, -0.15) is 4.31 Å². The maximum absolute atomic E-state index is 12.5. The average molecular weight is 405 g/mol. The lowest BCUT2D eigenvalue weighted by Crippen LogP contribution is -2.40. The van der Waals surface area contributed by atoms with Gasteiger partial charge in [0.05, 0.1) is 22.0 Å². The summed E-state index contributed by atoms with van der Waals surface area (Å²) in [7, 11) is -2.72. The molecule has 1 aromatic heterocycles. The van der Waals surface area contributed by atoms with Crippen molar-refractivity contribution in [3.05, 3.63) is 14.9 Å². The van der Waals surface area contributed by atoms with Crippen LogP contribution in [0.4, 0.5) is 0 Å². The lowest BCUT2D eigenvalue weighted by molar-refractivity contribution is -0.144. The van der Waals surface area contributed by atoms with Gasteiger partial charge in [-0.3, -0.25) is 4.79 Å². The van der Waals surface area contributed by atoms with Gasteiger partial charge in [-0.25, -0.2) is 8.42 Å². The number of hydrogen-bond donors (Lipinski definition) is 1. The third-order valence-corrected chi connectivity index (χ3v) is 7.69. The molecule has 0 radical (unpaired) electrons. The molecule has 2 atom stereocenters. The van der Waals surface area contributed by atoms with Gasteiger partial charge in [-0.1, -0.05) is 11.6 Å².